The van der Waals surface area contributed by atoms with E-state index in [2.05, 4.69) is 5.32 Å². The van der Waals surface area contributed by atoms with E-state index in [0.717, 1.165) is 11.1 Å². The summed E-state index contributed by atoms with van der Waals surface area (Å²) in [4.78, 5) is 28.3. The molecule has 0 spiro atoms. The maximum absolute atomic E-state index is 13.5. The van der Waals surface area contributed by atoms with Crippen LogP contribution < -0.4 is 10.1 Å². The summed E-state index contributed by atoms with van der Waals surface area (Å²) in [5.74, 6) is -0.0442. The number of amides is 2. The van der Waals surface area contributed by atoms with Gasteiger partial charge in [0, 0.05) is 29.1 Å². The molecule has 3 aromatic rings. The van der Waals surface area contributed by atoms with Crippen molar-refractivity contribution >= 4 is 35.0 Å². The lowest BCUT2D eigenvalue weighted by atomic mass is 10.0. The molecule has 3 aromatic carbocycles. The highest BCUT2D eigenvalue weighted by Crippen LogP contribution is 2.19. The monoisotopic (exact) mass is 498 g/mol. The van der Waals surface area contributed by atoms with Gasteiger partial charge in [0.05, 0.1) is 0 Å². The minimum atomic E-state index is -0.726. The van der Waals surface area contributed by atoms with Gasteiger partial charge in [0.25, 0.3) is 5.91 Å². The molecule has 0 aliphatic rings. The Kier molecular flexibility index (Phi) is 9.37. The van der Waals surface area contributed by atoms with Crippen molar-refractivity contribution in [3.63, 3.8) is 0 Å². The first-order valence-corrected chi connectivity index (χ1v) is 11.8. The molecule has 5 nitrogen and oxygen atoms in total. The zero-order chi connectivity index (χ0) is 24.5. The molecule has 0 aliphatic carbocycles. The van der Waals surface area contributed by atoms with Gasteiger partial charge >= 0.3 is 0 Å². The van der Waals surface area contributed by atoms with Gasteiger partial charge in [-0.25, -0.2) is 0 Å². The average molecular weight is 499 g/mol. The van der Waals surface area contributed by atoms with Crippen molar-refractivity contribution in [1.29, 1.82) is 0 Å². The average Bonchev–Trinajstić information content (AvgIpc) is 2.81. The number of benzene rings is 3. The Labute approximate surface area is 210 Å². The fourth-order valence-electron chi connectivity index (χ4n) is 3.51. The van der Waals surface area contributed by atoms with Gasteiger partial charge in [-0.2, -0.15) is 0 Å². The van der Waals surface area contributed by atoms with E-state index in [9.17, 15) is 9.59 Å². The molecule has 0 unspecified atom stereocenters. The minimum Gasteiger partial charge on any atom is -0.484 e. The molecule has 0 fully saturated rings. The third-order valence-corrected chi connectivity index (χ3v) is 5.61. The molecule has 0 bridgehead atoms. The fraction of sp³-hybridized carbons (Fsp3) is 0.259. The van der Waals surface area contributed by atoms with Gasteiger partial charge in [-0.3, -0.25) is 9.59 Å². The van der Waals surface area contributed by atoms with E-state index in [1.165, 1.54) is 0 Å². The summed E-state index contributed by atoms with van der Waals surface area (Å²) in [5, 5.41) is 4.08. The van der Waals surface area contributed by atoms with Gasteiger partial charge in [0.15, 0.2) is 6.61 Å². The van der Waals surface area contributed by atoms with Gasteiger partial charge in [0.2, 0.25) is 5.91 Å². The number of hydrogen-bond acceptors (Lipinski definition) is 3. The van der Waals surface area contributed by atoms with Crippen LogP contribution in [0.15, 0.2) is 78.9 Å². The second-order valence-corrected chi connectivity index (χ2v) is 9.14. The highest BCUT2D eigenvalue weighted by Gasteiger charge is 2.31. The van der Waals surface area contributed by atoms with E-state index in [-0.39, 0.29) is 31.0 Å². The lowest BCUT2D eigenvalue weighted by molar-refractivity contribution is -0.143. The first kappa shape index (κ1) is 25.6. The van der Waals surface area contributed by atoms with Crippen molar-refractivity contribution in [3.05, 3.63) is 100 Å². The molecule has 0 saturated carbocycles. The van der Waals surface area contributed by atoms with Crippen molar-refractivity contribution in [2.75, 3.05) is 6.61 Å². The van der Waals surface area contributed by atoms with Crippen molar-refractivity contribution in [3.8, 4) is 5.75 Å². The summed E-state index contributed by atoms with van der Waals surface area (Å²) in [6.45, 7) is 3.79. The molecule has 7 heteroatoms. The summed E-state index contributed by atoms with van der Waals surface area (Å²) < 4.78 is 5.72. The lowest BCUT2D eigenvalue weighted by Gasteiger charge is -2.32. The number of halogens is 2. The van der Waals surface area contributed by atoms with Crippen molar-refractivity contribution in [2.45, 2.75) is 38.9 Å². The maximum atomic E-state index is 13.5. The highest BCUT2D eigenvalue weighted by atomic mass is 35.5. The Bertz CT molecular complexity index is 1090. The number of ether oxygens (including phenoxy) is 1. The van der Waals surface area contributed by atoms with Gasteiger partial charge in [-0.05, 0) is 55.3 Å². The molecule has 178 valence electrons. The number of carbonyl (C=O) groups excluding carboxylic acids is 2. The molecular formula is C27H28Cl2N2O3. The van der Waals surface area contributed by atoms with E-state index in [0.29, 0.717) is 22.2 Å². The van der Waals surface area contributed by atoms with Crippen molar-refractivity contribution in [1.82, 2.24) is 10.2 Å². The van der Waals surface area contributed by atoms with Crippen LogP contribution in [0.25, 0.3) is 0 Å². The van der Waals surface area contributed by atoms with Gasteiger partial charge in [-0.15, -0.1) is 0 Å². The van der Waals surface area contributed by atoms with E-state index in [4.69, 9.17) is 27.9 Å². The molecule has 0 heterocycles. The molecule has 0 radical (unpaired) electrons. The highest BCUT2D eigenvalue weighted by molar-refractivity contribution is 6.30. The van der Waals surface area contributed by atoms with Crippen molar-refractivity contribution < 1.29 is 14.3 Å². The lowest BCUT2D eigenvalue weighted by Crippen LogP contribution is -2.52. The van der Waals surface area contributed by atoms with E-state index >= 15 is 0 Å². The largest absolute Gasteiger partial charge is 0.484 e. The Morgan fingerprint density at radius 2 is 1.59 bits per heavy atom. The Balaban J connectivity index is 1.90. The molecule has 2 amide bonds. The third kappa shape index (κ3) is 7.79. The second-order valence-electron chi connectivity index (χ2n) is 8.26. The summed E-state index contributed by atoms with van der Waals surface area (Å²) in [5.41, 5.74) is 1.81. The van der Waals surface area contributed by atoms with Crippen LogP contribution in [0.5, 0.6) is 5.75 Å². The van der Waals surface area contributed by atoms with Crippen LogP contribution in [0, 0.1) is 0 Å². The van der Waals surface area contributed by atoms with Crippen molar-refractivity contribution in [2.24, 2.45) is 0 Å². The van der Waals surface area contributed by atoms with Crippen LogP contribution in [0.4, 0.5) is 0 Å². The number of nitrogens with zero attached hydrogens (tertiary/aromatic N) is 1. The topological polar surface area (TPSA) is 58.6 Å². The first-order valence-electron chi connectivity index (χ1n) is 11.1. The fourth-order valence-corrected chi connectivity index (χ4v) is 3.81. The molecule has 0 saturated heterocycles. The van der Waals surface area contributed by atoms with E-state index in [1.807, 2.05) is 56.3 Å². The summed E-state index contributed by atoms with van der Waals surface area (Å²) in [7, 11) is 0. The zero-order valence-corrected chi connectivity index (χ0v) is 20.7. The van der Waals surface area contributed by atoms with Crippen LogP contribution in [0.2, 0.25) is 10.0 Å². The van der Waals surface area contributed by atoms with Gasteiger partial charge < -0.3 is 15.0 Å². The SMILES string of the molecule is CC(C)NC(=O)[C@H](Cc1ccccc1)N(Cc1ccc(Cl)cc1)C(=O)COc1cccc(Cl)c1. The van der Waals surface area contributed by atoms with Crippen LogP contribution in [-0.2, 0) is 22.6 Å². The predicted molar refractivity (Wildman–Crippen MR) is 136 cm³/mol. The first-order chi connectivity index (χ1) is 16.3. The van der Waals surface area contributed by atoms with Crippen LogP contribution in [0.3, 0.4) is 0 Å². The summed E-state index contributed by atoms with van der Waals surface area (Å²) in [6.07, 6.45) is 0.371. The number of hydrogen-bond donors (Lipinski definition) is 1. The Morgan fingerprint density at radius 1 is 0.882 bits per heavy atom. The predicted octanol–water partition coefficient (Wildman–Crippen LogP) is 5.54. The quantitative estimate of drug-likeness (QED) is 0.399. The second kappa shape index (κ2) is 12.4. The van der Waals surface area contributed by atoms with Crippen LogP contribution >= 0.6 is 23.2 Å². The molecule has 34 heavy (non-hydrogen) atoms. The van der Waals surface area contributed by atoms with Crippen LogP contribution in [-0.4, -0.2) is 35.4 Å². The van der Waals surface area contributed by atoms with Crippen LogP contribution in [0.1, 0.15) is 25.0 Å². The van der Waals surface area contributed by atoms with Gasteiger partial charge in [0.1, 0.15) is 11.8 Å². The zero-order valence-electron chi connectivity index (χ0n) is 19.2. The summed E-state index contributed by atoms with van der Waals surface area (Å²) in [6, 6.07) is 22.9. The molecule has 0 aliphatic heterocycles. The smallest absolute Gasteiger partial charge is 0.261 e. The number of carbonyl (C=O) groups is 2. The third-order valence-electron chi connectivity index (χ3n) is 5.13. The molecule has 1 atom stereocenters. The normalized spacial score (nSPS) is 11.7. The maximum Gasteiger partial charge on any atom is 0.261 e. The molecule has 0 aromatic heterocycles. The van der Waals surface area contributed by atoms with E-state index < -0.39 is 6.04 Å². The number of nitrogens with one attached hydrogen (secondary N) is 1. The standard InChI is InChI=1S/C27H28Cl2N2O3/c1-19(2)30-27(33)25(15-20-7-4-3-5-8-20)31(17-21-11-13-22(28)14-12-21)26(32)18-34-24-10-6-9-23(29)16-24/h3-14,16,19,25H,15,17-18H2,1-2H3,(H,30,33)/t25-/m0/s1. The van der Waals surface area contributed by atoms with Gasteiger partial charge in [-0.1, -0.05) is 71.7 Å². The minimum absolute atomic E-state index is 0.0685. The number of rotatable bonds is 10. The molecule has 1 N–H and O–H groups in total. The molecule has 3 rings (SSSR count). The summed E-state index contributed by atoms with van der Waals surface area (Å²) >= 11 is 12.1. The molecular weight excluding hydrogens is 471 g/mol. The Hall–Kier alpha value is -3.02. The van der Waals surface area contributed by atoms with E-state index in [1.54, 1.807) is 41.3 Å². The Morgan fingerprint density at radius 3 is 2.24 bits per heavy atom.